The van der Waals surface area contributed by atoms with Gasteiger partial charge in [0.25, 0.3) is 0 Å². The molecular weight excluding hydrogens is 386 g/mol. The fourth-order valence-electron chi connectivity index (χ4n) is 5.46. The van der Waals surface area contributed by atoms with Crippen molar-refractivity contribution in [3.8, 4) is 5.75 Å². The van der Waals surface area contributed by atoms with E-state index in [1.165, 1.54) is 11.1 Å². The highest BCUT2D eigenvalue weighted by Crippen LogP contribution is 2.44. The molecule has 0 amide bonds. The number of ether oxygens (including phenoxy) is 1. The Morgan fingerprint density at radius 1 is 1.28 bits per heavy atom. The van der Waals surface area contributed by atoms with Gasteiger partial charge in [-0.3, -0.25) is 4.90 Å². The van der Waals surface area contributed by atoms with Gasteiger partial charge >= 0.3 is 0 Å². The first-order chi connectivity index (χ1) is 13.9. The van der Waals surface area contributed by atoms with E-state index in [9.17, 15) is 8.42 Å². The number of nitrogens with two attached hydrogens (primary N) is 1. The van der Waals surface area contributed by atoms with Crippen molar-refractivity contribution in [3.05, 3.63) is 29.3 Å². The third-order valence-electron chi connectivity index (χ3n) is 6.72. The number of rotatable bonds is 6. The molecule has 6 nitrogen and oxygen atoms in total. The van der Waals surface area contributed by atoms with Crippen LogP contribution in [0.15, 0.2) is 18.2 Å². The maximum absolute atomic E-state index is 13.0. The Morgan fingerprint density at radius 2 is 2.10 bits per heavy atom. The summed E-state index contributed by atoms with van der Waals surface area (Å²) in [6, 6.07) is 6.89. The predicted octanol–water partition coefficient (Wildman–Crippen LogP) is 2.54. The van der Waals surface area contributed by atoms with Gasteiger partial charge in [-0.2, -0.15) is 4.31 Å². The fourth-order valence-corrected chi connectivity index (χ4v) is 7.31. The van der Waals surface area contributed by atoms with E-state index < -0.39 is 10.0 Å². The lowest BCUT2D eigenvalue weighted by molar-refractivity contribution is 0.0219. The van der Waals surface area contributed by atoms with Crippen LogP contribution < -0.4 is 10.5 Å². The Bertz CT molecular complexity index is 827. The van der Waals surface area contributed by atoms with Crippen molar-refractivity contribution >= 4 is 10.0 Å². The van der Waals surface area contributed by atoms with Gasteiger partial charge in [0, 0.05) is 31.7 Å². The largest absolute Gasteiger partial charge is 0.491 e. The van der Waals surface area contributed by atoms with Gasteiger partial charge in [0.15, 0.2) is 0 Å². The number of piperidine rings is 2. The number of hydrogen-bond donors (Lipinski definition) is 1. The third kappa shape index (κ3) is 4.33. The Kier molecular flexibility index (Phi) is 6.21. The quantitative estimate of drug-likeness (QED) is 0.764. The Labute approximate surface area is 175 Å². The maximum atomic E-state index is 13.0. The van der Waals surface area contributed by atoms with Crippen molar-refractivity contribution in [2.75, 3.05) is 31.9 Å². The van der Waals surface area contributed by atoms with Gasteiger partial charge in [-0.25, -0.2) is 8.42 Å². The molecule has 1 aromatic rings. The van der Waals surface area contributed by atoms with Crippen LogP contribution in [0, 0.1) is 5.92 Å². The monoisotopic (exact) mass is 421 g/mol. The van der Waals surface area contributed by atoms with Gasteiger partial charge in [0.2, 0.25) is 10.0 Å². The first-order valence-corrected chi connectivity index (χ1v) is 12.7. The fraction of sp³-hybridized carbons (Fsp3) is 0.727. The Balaban J connectivity index is 1.58. The molecule has 3 heterocycles. The Hall–Kier alpha value is -1.15. The van der Waals surface area contributed by atoms with Gasteiger partial charge < -0.3 is 10.5 Å². The first kappa shape index (κ1) is 21.1. The van der Waals surface area contributed by atoms with Crippen LogP contribution in [0.3, 0.4) is 0 Å². The second kappa shape index (κ2) is 8.53. The topological polar surface area (TPSA) is 75.9 Å². The van der Waals surface area contributed by atoms with Crippen LogP contribution in [0.5, 0.6) is 5.75 Å². The molecule has 0 spiro atoms. The summed E-state index contributed by atoms with van der Waals surface area (Å²) in [6.45, 7) is 7.23. The summed E-state index contributed by atoms with van der Waals surface area (Å²) in [5.74, 6) is 1.55. The zero-order valence-electron chi connectivity index (χ0n) is 17.7. The molecular formula is C22H35N3O3S. The molecule has 2 fully saturated rings. The van der Waals surface area contributed by atoms with Gasteiger partial charge in [-0.05, 0) is 81.7 Å². The lowest BCUT2D eigenvalue weighted by Gasteiger charge is -2.51. The molecule has 0 aliphatic carbocycles. The van der Waals surface area contributed by atoms with Crippen LogP contribution >= 0.6 is 0 Å². The van der Waals surface area contributed by atoms with E-state index in [0.717, 1.165) is 44.5 Å². The molecule has 0 bridgehead atoms. The van der Waals surface area contributed by atoms with Gasteiger partial charge in [0.05, 0.1) is 11.9 Å². The Morgan fingerprint density at radius 3 is 2.86 bits per heavy atom. The van der Waals surface area contributed by atoms with E-state index in [1.54, 1.807) is 0 Å². The van der Waals surface area contributed by atoms with Crippen molar-refractivity contribution in [1.82, 2.24) is 9.21 Å². The summed E-state index contributed by atoms with van der Waals surface area (Å²) >= 11 is 0. The molecule has 0 unspecified atom stereocenters. The zero-order chi connectivity index (χ0) is 20.6. The third-order valence-corrected chi connectivity index (χ3v) is 8.69. The predicted molar refractivity (Wildman–Crippen MR) is 116 cm³/mol. The summed E-state index contributed by atoms with van der Waals surface area (Å²) in [6.07, 6.45) is 4.73. The standard InChI is InChI=1S/C22H35N3O3S/c1-16(2)28-19-6-7-20-17(13-19)8-11-24-15-18-5-3-10-25(21(18)14-22(20)24)29(26,27)12-4-9-23/h6-7,13,16,18,21-22H,3-5,8-12,14-15,23H2,1-2H3/t18-,21+,22-/m0/s1. The minimum atomic E-state index is -3.24. The van der Waals surface area contributed by atoms with Crippen molar-refractivity contribution in [3.63, 3.8) is 0 Å². The highest BCUT2D eigenvalue weighted by molar-refractivity contribution is 7.89. The first-order valence-electron chi connectivity index (χ1n) is 11.1. The summed E-state index contributed by atoms with van der Waals surface area (Å²) < 4.78 is 33.7. The lowest BCUT2D eigenvalue weighted by Crippen LogP contribution is -2.57. The minimum absolute atomic E-state index is 0.116. The second-order valence-corrected chi connectivity index (χ2v) is 11.1. The number of nitrogens with zero attached hydrogens (tertiary/aromatic N) is 2. The van der Waals surface area contributed by atoms with Crippen LogP contribution in [-0.2, 0) is 16.4 Å². The minimum Gasteiger partial charge on any atom is -0.491 e. The molecule has 0 aromatic heterocycles. The van der Waals surface area contributed by atoms with E-state index >= 15 is 0 Å². The van der Waals surface area contributed by atoms with E-state index in [4.69, 9.17) is 10.5 Å². The highest BCUT2D eigenvalue weighted by Gasteiger charge is 2.45. The second-order valence-electron chi connectivity index (χ2n) is 9.06. The molecule has 1 aromatic carbocycles. The molecule has 3 aliphatic heterocycles. The van der Waals surface area contributed by atoms with Gasteiger partial charge in [0.1, 0.15) is 5.75 Å². The molecule has 2 saturated heterocycles. The van der Waals surface area contributed by atoms with Crippen molar-refractivity contribution in [2.45, 2.75) is 64.1 Å². The number of fused-ring (bicyclic) bond motifs is 4. The van der Waals surface area contributed by atoms with Crippen LogP contribution in [0.4, 0.5) is 0 Å². The number of benzene rings is 1. The van der Waals surface area contributed by atoms with E-state index in [-0.39, 0.29) is 17.9 Å². The summed E-state index contributed by atoms with van der Waals surface area (Å²) in [5, 5.41) is 0. The number of hydrogen-bond acceptors (Lipinski definition) is 5. The molecule has 29 heavy (non-hydrogen) atoms. The van der Waals surface area contributed by atoms with Crippen LogP contribution in [0.25, 0.3) is 0 Å². The number of sulfonamides is 1. The van der Waals surface area contributed by atoms with Crippen LogP contribution in [0.2, 0.25) is 0 Å². The molecule has 3 aliphatic rings. The van der Waals surface area contributed by atoms with E-state index in [2.05, 4.69) is 23.1 Å². The highest BCUT2D eigenvalue weighted by atomic mass is 32.2. The SMILES string of the molecule is CC(C)Oc1ccc2c(c1)CCN1C[C@@H]3CCCN(S(=O)(=O)CCCN)[C@@H]3C[C@@H]21. The van der Waals surface area contributed by atoms with E-state index in [0.29, 0.717) is 31.5 Å². The molecule has 0 saturated carbocycles. The van der Waals surface area contributed by atoms with Gasteiger partial charge in [-0.15, -0.1) is 0 Å². The van der Waals surface area contributed by atoms with E-state index in [1.807, 2.05) is 18.2 Å². The van der Waals surface area contributed by atoms with Crippen molar-refractivity contribution in [1.29, 1.82) is 0 Å². The van der Waals surface area contributed by atoms with Gasteiger partial charge in [-0.1, -0.05) is 6.07 Å². The molecule has 2 N–H and O–H groups in total. The molecule has 7 heteroatoms. The summed E-state index contributed by atoms with van der Waals surface area (Å²) in [7, 11) is -3.24. The maximum Gasteiger partial charge on any atom is 0.214 e. The molecule has 3 atom stereocenters. The summed E-state index contributed by atoms with van der Waals surface area (Å²) in [5.41, 5.74) is 8.29. The molecule has 162 valence electrons. The van der Waals surface area contributed by atoms with Crippen LogP contribution in [0.1, 0.15) is 56.7 Å². The molecule has 0 radical (unpaired) electrons. The lowest BCUT2D eigenvalue weighted by atomic mass is 9.77. The van der Waals surface area contributed by atoms with Crippen molar-refractivity contribution < 1.29 is 13.2 Å². The normalized spacial score (nSPS) is 27.9. The summed E-state index contributed by atoms with van der Waals surface area (Å²) in [4.78, 5) is 2.59. The molecule has 4 rings (SSSR count). The average Bonchev–Trinajstić information content (AvgIpc) is 2.69. The van der Waals surface area contributed by atoms with Crippen molar-refractivity contribution in [2.24, 2.45) is 11.7 Å². The average molecular weight is 422 g/mol. The smallest absolute Gasteiger partial charge is 0.214 e. The van der Waals surface area contributed by atoms with Crippen LogP contribution in [-0.4, -0.2) is 61.7 Å². The zero-order valence-corrected chi connectivity index (χ0v) is 18.5.